The van der Waals surface area contributed by atoms with Crippen molar-refractivity contribution in [1.29, 1.82) is 0 Å². The van der Waals surface area contributed by atoms with Crippen LogP contribution in [0.2, 0.25) is 0 Å². The standard InChI is InChI=1S/C14H20FNOS/c1-10(18(2)17)9-16-14-5-3-4-11-8-12(15)6-7-13(11)14/h6-8,10,14,16H,3-5,9H2,1-2H3/t10-,14+,18+/m1/s1. The summed E-state index contributed by atoms with van der Waals surface area (Å²) in [6, 6.07) is 5.33. The predicted octanol–water partition coefficient (Wildman–Crippen LogP) is 2.56. The van der Waals surface area contributed by atoms with Crippen LogP contribution in [0, 0.1) is 5.82 Å². The Kier molecular flexibility index (Phi) is 4.51. The van der Waals surface area contributed by atoms with Crippen molar-refractivity contribution >= 4 is 10.8 Å². The molecule has 0 amide bonds. The average Bonchev–Trinajstić information content (AvgIpc) is 2.35. The van der Waals surface area contributed by atoms with Gasteiger partial charge in [0.1, 0.15) is 5.82 Å². The summed E-state index contributed by atoms with van der Waals surface area (Å²) in [5.41, 5.74) is 2.32. The molecule has 0 aromatic heterocycles. The van der Waals surface area contributed by atoms with Crippen LogP contribution in [0.4, 0.5) is 4.39 Å². The second-order valence-corrected chi connectivity index (χ2v) is 6.81. The van der Waals surface area contributed by atoms with Gasteiger partial charge in [-0.05, 0) is 49.4 Å². The Hall–Kier alpha value is -0.740. The third-order valence-corrected chi connectivity index (χ3v) is 4.94. The monoisotopic (exact) mass is 269 g/mol. The van der Waals surface area contributed by atoms with Crippen molar-refractivity contribution in [2.24, 2.45) is 0 Å². The van der Waals surface area contributed by atoms with Gasteiger partial charge in [0.15, 0.2) is 0 Å². The van der Waals surface area contributed by atoms with E-state index in [1.807, 2.05) is 13.0 Å². The van der Waals surface area contributed by atoms with Gasteiger partial charge in [-0.1, -0.05) is 6.07 Å². The number of hydrogen-bond acceptors (Lipinski definition) is 2. The number of halogens is 1. The summed E-state index contributed by atoms with van der Waals surface area (Å²) in [4.78, 5) is 0. The molecule has 0 aliphatic heterocycles. The fourth-order valence-electron chi connectivity index (χ4n) is 2.42. The zero-order chi connectivity index (χ0) is 13.1. The highest BCUT2D eigenvalue weighted by atomic mass is 32.2. The van der Waals surface area contributed by atoms with Gasteiger partial charge in [-0.3, -0.25) is 4.21 Å². The van der Waals surface area contributed by atoms with Crippen LogP contribution in [0.25, 0.3) is 0 Å². The molecular formula is C14H20FNOS. The molecule has 0 unspecified atom stereocenters. The molecule has 0 fully saturated rings. The van der Waals surface area contributed by atoms with E-state index in [9.17, 15) is 8.60 Å². The molecule has 0 spiro atoms. The Morgan fingerprint density at radius 1 is 1.56 bits per heavy atom. The van der Waals surface area contributed by atoms with Gasteiger partial charge >= 0.3 is 0 Å². The lowest BCUT2D eigenvalue weighted by Crippen LogP contribution is -2.32. The number of fused-ring (bicyclic) bond motifs is 1. The minimum Gasteiger partial charge on any atom is -0.309 e. The lowest BCUT2D eigenvalue weighted by atomic mass is 9.87. The van der Waals surface area contributed by atoms with Crippen molar-refractivity contribution in [2.75, 3.05) is 12.8 Å². The van der Waals surface area contributed by atoms with Crippen LogP contribution >= 0.6 is 0 Å². The Bertz CT molecular complexity index is 449. The van der Waals surface area contributed by atoms with Gasteiger partial charge in [0.05, 0.1) is 0 Å². The second kappa shape index (κ2) is 5.93. The summed E-state index contributed by atoms with van der Waals surface area (Å²) in [6.45, 7) is 2.72. The van der Waals surface area contributed by atoms with Crippen LogP contribution in [-0.4, -0.2) is 22.3 Å². The van der Waals surface area contributed by atoms with Gasteiger partial charge in [-0.25, -0.2) is 4.39 Å². The van der Waals surface area contributed by atoms with Crippen LogP contribution in [0.15, 0.2) is 18.2 Å². The van der Waals surface area contributed by atoms with E-state index in [0.29, 0.717) is 0 Å². The number of rotatable bonds is 4. The molecule has 0 saturated heterocycles. The molecule has 4 heteroatoms. The Balaban J connectivity index is 2.06. The highest BCUT2D eigenvalue weighted by Crippen LogP contribution is 2.30. The van der Waals surface area contributed by atoms with Crippen molar-refractivity contribution in [3.63, 3.8) is 0 Å². The maximum atomic E-state index is 13.2. The summed E-state index contributed by atoms with van der Waals surface area (Å²) < 4.78 is 24.5. The highest BCUT2D eigenvalue weighted by molar-refractivity contribution is 7.84. The van der Waals surface area contributed by atoms with Crippen LogP contribution in [0.1, 0.15) is 36.9 Å². The first-order valence-electron chi connectivity index (χ1n) is 6.42. The minimum atomic E-state index is -0.799. The normalized spacial score (nSPS) is 22.3. The molecule has 1 aliphatic carbocycles. The van der Waals surface area contributed by atoms with E-state index < -0.39 is 10.8 Å². The van der Waals surface area contributed by atoms with E-state index in [4.69, 9.17) is 0 Å². The molecule has 100 valence electrons. The zero-order valence-electron chi connectivity index (χ0n) is 10.9. The first-order valence-corrected chi connectivity index (χ1v) is 8.04. The van der Waals surface area contributed by atoms with Gasteiger partial charge in [0.2, 0.25) is 0 Å². The third kappa shape index (κ3) is 3.18. The SMILES string of the molecule is C[C@H](CN[C@H]1CCCc2cc(F)ccc21)[S@](C)=O. The first-order chi connectivity index (χ1) is 8.58. The zero-order valence-corrected chi connectivity index (χ0v) is 11.7. The van der Waals surface area contributed by atoms with Crippen molar-refractivity contribution in [1.82, 2.24) is 5.32 Å². The van der Waals surface area contributed by atoms with Gasteiger partial charge < -0.3 is 5.32 Å². The number of hydrogen-bond donors (Lipinski definition) is 1. The van der Waals surface area contributed by atoms with Crippen molar-refractivity contribution in [3.8, 4) is 0 Å². The number of nitrogens with one attached hydrogen (secondary N) is 1. The molecule has 1 aromatic rings. The van der Waals surface area contributed by atoms with Crippen LogP contribution in [0.5, 0.6) is 0 Å². The number of aryl methyl sites for hydroxylation is 1. The van der Waals surface area contributed by atoms with Gasteiger partial charge in [0, 0.05) is 34.9 Å². The van der Waals surface area contributed by atoms with E-state index in [0.717, 1.165) is 31.4 Å². The summed E-state index contributed by atoms with van der Waals surface area (Å²) >= 11 is 0. The molecule has 0 bridgehead atoms. The molecule has 0 heterocycles. The number of benzene rings is 1. The van der Waals surface area contributed by atoms with Crippen molar-refractivity contribution < 1.29 is 8.60 Å². The Labute approximate surface area is 110 Å². The van der Waals surface area contributed by atoms with E-state index >= 15 is 0 Å². The summed E-state index contributed by atoms with van der Waals surface area (Å²) in [5.74, 6) is -0.155. The molecular weight excluding hydrogens is 249 g/mol. The van der Waals surface area contributed by atoms with Gasteiger partial charge in [-0.2, -0.15) is 0 Å². The van der Waals surface area contributed by atoms with E-state index in [1.165, 1.54) is 11.6 Å². The predicted molar refractivity (Wildman–Crippen MR) is 73.6 cm³/mol. The molecule has 0 radical (unpaired) electrons. The largest absolute Gasteiger partial charge is 0.309 e. The molecule has 18 heavy (non-hydrogen) atoms. The first kappa shape index (κ1) is 13.7. The second-order valence-electron chi connectivity index (χ2n) is 5.01. The van der Waals surface area contributed by atoms with Crippen LogP contribution < -0.4 is 5.32 Å². The molecule has 2 rings (SSSR count). The van der Waals surface area contributed by atoms with Crippen molar-refractivity contribution in [3.05, 3.63) is 35.1 Å². The lowest BCUT2D eigenvalue weighted by Gasteiger charge is -2.27. The molecule has 3 atom stereocenters. The molecule has 1 aromatic carbocycles. The Morgan fingerprint density at radius 2 is 2.33 bits per heavy atom. The fraction of sp³-hybridized carbons (Fsp3) is 0.571. The van der Waals surface area contributed by atoms with Crippen LogP contribution in [0.3, 0.4) is 0 Å². The minimum absolute atomic E-state index is 0.149. The maximum absolute atomic E-state index is 13.2. The molecule has 2 nitrogen and oxygen atoms in total. The van der Waals surface area contributed by atoms with Gasteiger partial charge in [-0.15, -0.1) is 0 Å². The fourth-order valence-corrected chi connectivity index (χ4v) is 2.75. The Morgan fingerprint density at radius 3 is 3.06 bits per heavy atom. The molecule has 1 aliphatic rings. The summed E-state index contributed by atoms with van der Waals surface area (Å²) in [7, 11) is -0.799. The van der Waals surface area contributed by atoms with Crippen LogP contribution in [-0.2, 0) is 17.2 Å². The molecule has 1 N–H and O–H groups in total. The summed E-state index contributed by atoms with van der Waals surface area (Å²) in [6.07, 6.45) is 4.84. The maximum Gasteiger partial charge on any atom is 0.123 e. The van der Waals surface area contributed by atoms with Gasteiger partial charge in [0.25, 0.3) is 0 Å². The summed E-state index contributed by atoms with van der Waals surface area (Å²) in [5, 5.41) is 3.61. The lowest BCUT2D eigenvalue weighted by molar-refractivity contribution is 0.459. The van der Waals surface area contributed by atoms with Crippen molar-refractivity contribution in [2.45, 2.75) is 37.5 Å². The highest BCUT2D eigenvalue weighted by Gasteiger charge is 2.21. The molecule has 0 saturated carbocycles. The topological polar surface area (TPSA) is 29.1 Å². The van der Waals surface area contributed by atoms with E-state index in [2.05, 4.69) is 5.32 Å². The quantitative estimate of drug-likeness (QED) is 0.910. The average molecular weight is 269 g/mol. The van der Waals surface area contributed by atoms with E-state index in [1.54, 1.807) is 12.3 Å². The third-order valence-electron chi connectivity index (χ3n) is 3.64. The smallest absolute Gasteiger partial charge is 0.123 e. The van der Waals surface area contributed by atoms with E-state index in [-0.39, 0.29) is 17.1 Å².